The maximum absolute atomic E-state index is 12.8. The molecule has 0 spiro atoms. The number of pyridine rings is 1. The highest BCUT2D eigenvalue weighted by molar-refractivity contribution is 7.99. The van der Waals surface area contributed by atoms with E-state index in [2.05, 4.69) is 15.2 Å². The van der Waals surface area contributed by atoms with Crippen molar-refractivity contribution in [2.75, 3.05) is 19.6 Å². The third-order valence-electron chi connectivity index (χ3n) is 5.35. The van der Waals surface area contributed by atoms with E-state index in [1.807, 2.05) is 0 Å². The lowest BCUT2D eigenvalue weighted by atomic mass is 9.84. The lowest BCUT2D eigenvalue weighted by Gasteiger charge is -2.44. The van der Waals surface area contributed by atoms with Crippen LogP contribution in [-0.2, 0) is 6.18 Å². The van der Waals surface area contributed by atoms with E-state index in [1.165, 1.54) is 17.8 Å². The number of aromatic nitrogens is 1. The zero-order valence-corrected chi connectivity index (χ0v) is 15.9. The number of benzene rings is 1. The average molecular weight is 407 g/mol. The van der Waals surface area contributed by atoms with Crippen molar-refractivity contribution in [1.82, 2.24) is 15.2 Å². The van der Waals surface area contributed by atoms with E-state index in [1.54, 1.807) is 24.3 Å². The molecule has 3 aliphatic rings. The number of nitrogens with zero attached hydrogens (tertiary/aromatic N) is 2. The number of amides is 1. The molecule has 1 amide bonds. The fourth-order valence-electron chi connectivity index (χ4n) is 3.82. The molecule has 1 aromatic heterocycles. The molecule has 4 nitrogen and oxygen atoms in total. The van der Waals surface area contributed by atoms with Crippen LogP contribution in [0.2, 0.25) is 0 Å². The number of carbonyl (C=O) groups is 1. The molecular formula is C20H20F3N3OS. The number of fused-ring (bicyclic) bond motifs is 3. The first-order chi connectivity index (χ1) is 13.4. The Morgan fingerprint density at radius 1 is 1.11 bits per heavy atom. The molecule has 2 bridgehead atoms. The van der Waals surface area contributed by atoms with E-state index in [0.717, 1.165) is 49.6 Å². The van der Waals surface area contributed by atoms with E-state index >= 15 is 0 Å². The van der Waals surface area contributed by atoms with Crippen molar-refractivity contribution < 1.29 is 18.0 Å². The van der Waals surface area contributed by atoms with Crippen LogP contribution in [-0.4, -0.2) is 41.5 Å². The van der Waals surface area contributed by atoms with Crippen molar-refractivity contribution in [1.29, 1.82) is 0 Å². The molecule has 3 fully saturated rings. The quantitative estimate of drug-likeness (QED) is 0.830. The van der Waals surface area contributed by atoms with Crippen LogP contribution in [0.15, 0.2) is 52.4 Å². The summed E-state index contributed by atoms with van der Waals surface area (Å²) in [6.45, 7) is 3.15. The fourth-order valence-corrected chi connectivity index (χ4v) is 4.66. The van der Waals surface area contributed by atoms with Gasteiger partial charge in [-0.05, 0) is 68.2 Å². The van der Waals surface area contributed by atoms with Gasteiger partial charge in [-0.25, -0.2) is 0 Å². The largest absolute Gasteiger partial charge is 0.433 e. The number of hydrogen-bond acceptors (Lipinski definition) is 4. The molecular weight excluding hydrogens is 387 g/mol. The van der Waals surface area contributed by atoms with Crippen molar-refractivity contribution in [3.63, 3.8) is 0 Å². The Morgan fingerprint density at radius 2 is 1.82 bits per heavy atom. The summed E-state index contributed by atoms with van der Waals surface area (Å²) in [7, 11) is 0. The summed E-state index contributed by atoms with van der Waals surface area (Å²) in [6, 6.07) is 9.69. The Kier molecular flexibility index (Phi) is 5.33. The van der Waals surface area contributed by atoms with Gasteiger partial charge in [-0.1, -0.05) is 11.8 Å². The summed E-state index contributed by atoms with van der Waals surface area (Å²) in [5.74, 6) is 0.455. The Hall–Kier alpha value is -2.06. The van der Waals surface area contributed by atoms with Gasteiger partial charge in [-0.15, -0.1) is 0 Å². The number of alkyl halides is 3. The molecule has 1 N–H and O–H groups in total. The average Bonchev–Trinajstić information content (AvgIpc) is 2.69. The minimum absolute atomic E-state index is 0.0985. The van der Waals surface area contributed by atoms with Gasteiger partial charge in [0.2, 0.25) is 0 Å². The van der Waals surface area contributed by atoms with Crippen LogP contribution in [0.5, 0.6) is 0 Å². The number of hydrogen-bond donors (Lipinski definition) is 1. The highest BCUT2D eigenvalue weighted by Gasteiger charge is 2.35. The third-order valence-corrected chi connectivity index (χ3v) is 6.34. The van der Waals surface area contributed by atoms with Gasteiger partial charge in [0.05, 0.1) is 0 Å². The first kappa shape index (κ1) is 19.3. The van der Waals surface area contributed by atoms with Gasteiger partial charge in [-0.3, -0.25) is 9.78 Å². The van der Waals surface area contributed by atoms with Crippen molar-refractivity contribution >= 4 is 17.7 Å². The summed E-state index contributed by atoms with van der Waals surface area (Å²) in [5, 5.41) is 3.14. The summed E-state index contributed by atoms with van der Waals surface area (Å²) in [6.07, 6.45) is -1.05. The molecule has 0 aliphatic carbocycles. The second kappa shape index (κ2) is 7.75. The molecule has 3 aliphatic heterocycles. The molecule has 3 saturated heterocycles. The summed E-state index contributed by atoms with van der Waals surface area (Å²) >= 11 is 1.21. The standard InChI is InChI=1S/C20H20F3N3OS/c21-20(22,23)18-11-16(5-8-24-18)28-15-3-1-14(2-4-15)19(27)25-17-12-26-9-6-13(17)7-10-26/h1-5,8,11,13,17H,6-7,9-10,12H2,(H,25,27). The van der Waals surface area contributed by atoms with Crippen molar-refractivity contribution in [3.05, 3.63) is 53.9 Å². The fraction of sp³-hybridized carbons (Fsp3) is 0.400. The van der Waals surface area contributed by atoms with E-state index in [0.29, 0.717) is 16.4 Å². The third kappa shape index (κ3) is 4.33. The predicted molar refractivity (Wildman–Crippen MR) is 100 cm³/mol. The van der Waals surface area contributed by atoms with Crippen LogP contribution in [0.1, 0.15) is 28.9 Å². The molecule has 4 heterocycles. The normalized spacial score (nSPS) is 24.2. The van der Waals surface area contributed by atoms with Gasteiger partial charge in [0, 0.05) is 34.1 Å². The van der Waals surface area contributed by atoms with E-state index < -0.39 is 11.9 Å². The first-order valence-electron chi connectivity index (χ1n) is 9.23. The van der Waals surface area contributed by atoms with Gasteiger partial charge >= 0.3 is 6.18 Å². The zero-order chi connectivity index (χ0) is 19.7. The van der Waals surface area contributed by atoms with Crippen LogP contribution in [0, 0.1) is 5.92 Å². The Morgan fingerprint density at radius 3 is 2.43 bits per heavy atom. The lowest BCUT2D eigenvalue weighted by Crippen LogP contribution is -2.57. The minimum atomic E-state index is -4.46. The maximum Gasteiger partial charge on any atom is 0.433 e. The highest BCUT2D eigenvalue weighted by Crippen LogP contribution is 2.33. The summed E-state index contributed by atoms with van der Waals surface area (Å²) in [5.41, 5.74) is -0.350. The Bertz CT molecular complexity index is 849. The molecule has 8 heteroatoms. The van der Waals surface area contributed by atoms with Crippen molar-refractivity contribution in [3.8, 4) is 0 Å². The SMILES string of the molecule is O=C(NC1CN2CCC1CC2)c1ccc(Sc2ccnc(C(F)(F)F)c2)cc1. The topological polar surface area (TPSA) is 45.2 Å². The summed E-state index contributed by atoms with van der Waals surface area (Å²) < 4.78 is 38.3. The molecule has 148 valence electrons. The van der Waals surface area contributed by atoms with Crippen LogP contribution >= 0.6 is 11.8 Å². The molecule has 2 aromatic rings. The van der Waals surface area contributed by atoms with Crippen molar-refractivity contribution in [2.45, 2.75) is 34.9 Å². The summed E-state index contributed by atoms with van der Waals surface area (Å²) in [4.78, 5) is 19.5. The maximum atomic E-state index is 12.8. The van der Waals surface area contributed by atoms with Crippen molar-refractivity contribution in [2.24, 2.45) is 5.92 Å². The lowest BCUT2D eigenvalue weighted by molar-refractivity contribution is -0.141. The highest BCUT2D eigenvalue weighted by atomic mass is 32.2. The zero-order valence-electron chi connectivity index (χ0n) is 15.1. The van der Waals surface area contributed by atoms with Gasteiger partial charge in [-0.2, -0.15) is 13.2 Å². The molecule has 1 atom stereocenters. The van der Waals surface area contributed by atoms with E-state index in [-0.39, 0.29) is 11.9 Å². The van der Waals surface area contributed by atoms with E-state index in [4.69, 9.17) is 0 Å². The molecule has 0 radical (unpaired) electrons. The van der Waals surface area contributed by atoms with Crippen LogP contribution in [0.3, 0.4) is 0 Å². The smallest absolute Gasteiger partial charge is 0.348 e. The van der Waals surface area contributed by atoms with Gasteiger partial charge in [0.15, 0.2) is 0 Å². The van der Waals surface area contributed by atoms with E-state index in [9.17, 15) is 18.0 Å². The van der Waals surface area contributed by atoms with Gasteiger partial charge < -0.3 is 10.2 Å². The second-order valence-corrected chi connectivity index (χ2v) is 8.37. The number of nitrogens with one attached hydrogen (secondary N) is 1. The molecule has 28 heavy (non-hydrogen) atoms. The molecule has 0 saturated carbocycles. The first-order valence-corrected chi connectivity index (χ1v) is 10.0. The van der Waals surface area contributed by atoms with Gasteiger partial charge in [0.1, 0.15) is 5.69 Å². The Balaban J connectivity index is 1.39. The van der Waals surface area contributed by atoms with Crippen LogP contribution in [0.4, 0.5) is 13.2 Å². The van der Waals surface area contributed by atoms with Crippen LogP contribution in [0.25, 0.3) is 0 Å². The van der Waals surface area contributed by atoms with Gasteiger partial charge in [0.25, 0.3) is 5.91 Å². The minimum Gasteiger partial charge on any atom is -0.348 e. The number of halogens is 3. The number of rotatable bonds is 4. The molecule has 1 unspecified atom stereocenters. The molecule has 1 aromatic carbocycles. The predicted octanol–water partition coefficient (Wildman–Crippen LogP) is 4.08. The number of piperidine rings is 3. The second-order valence-electron chi connectivity index (χ2n) is 7.22. The monoisotopic (exact) mass is 407 g/mol. The molecule has 5 rings (SSSR count). The number of carbonyl (C=O) groups excluding carboxylic acids is 1. The Labute approximate surface area is 165 Å². The van der Waals surface area contributed by atoms with Crippen LogP contribution < -0.4 is 5.32 Å².